The highest BCUT2D eigenvalue weighted by molar-refractivity contribution is 7.90. The normalized spacial score (nSPS) is 16.2. The summed E-state index contributed by atoms with van der Waals surface area (Å²) in [4.78, 5) is 6.65. The van der Waals surface area contributed by atoms with Crippen LogP contribution in [-0.2, 0) is 22.8 Å². The Bertz CT molecular complexity index is 1060. The minimum absolute atomic E-state index is 0.334. The standard InChI is InChI=1S/C22H26N4O2S/c1-29(27,28)21-15-23-10-7-19(21)16-26-11-8-18(9-12-26)22-20(14-24-25-22)13-17-5-3-2-4-6-17/h2-7,10,14-15,18H,8-9,11-13,16H2,1H3,(H,24,25). The first kappa shape index (κ1) is 19.8. The second-order valence-corrected chi connectivity index (χ2v) is 9.76. The van der Waals surface area contributed by atoms with Crippen molar-refractivity contribution in [1.82, 2.24) is 20.1 Å². The van der Waals surface area contributed by atoms with Crippen LogP contribution in [0.2, 0.25) is 0 Å². The summed E-state index contributed by atoms with van der Waals surface area (Å²) in [5.41, 5.74) is 4.63. The number of benzene rings is 1. The maximum absolute atomic E-state index is 12.0. The Morgan fingerprint density at radius 1 is 1.07 bits per heavy atom. The number of hydrogen-bond acceptors (Lipinski definition) is 5. The van der Waals surface area contributed by atoms with E-state index in [2.05, 4.69) is 44.3 Å². The van der Waals surface area contributed by atoms with Gasteiger partial charge in [0.2, 0.25) is 0 Å². The fourth-order valence-electron chi connectivity index (χ4n) is 4.13. The molecule has 1 aliphatic heterocycles. The molecule has 3 heterocycles. The summed E-state index contributed by atoms with van der Waals surface area (Å²) in [5.74, 6) is 0.458. The molecular formula is C22H26N4O2S. The van der Waals surface area contributed by atoms with Crippen LogP contribution in [0.4, 0.5) is 0 Å². The summed E-state index contributed by atoms with van der Waals surface area (Å²) in [6.07, 6.45) is 9.26. The van der Waals surface area contributed by atoms with Crippen molar-refractivity contribution in [3.63, 3.8) is 0 Å². The van der Waals surface area contributed by atoms with Crippen LogP contribution in [0.15, 0.2) is 59.9 Å². The third-order valence-corrected chi connectivity index (χ3v) is 6.81. The minimum atomic E-state index is -3.27. The molecule has 0 saturated carbocycles. The number of aromatic nitrogens is 3. The molecule has 2 aromatic heterocycles. The van der Waals surface area contributed by atoms with Gasteiger partial charge in [0.25, 0.3) is 0 Å². The van der Waals surface area contributed by atoms with Crippen molar-refractivity contribution < 1.29 is 8.42 Å². The molecule has 6 nitrogen and oxygen atoms in total. The lowest BCUT2D eigenvalue weighted by atomic mass is 9.89. The topological polar surface area (TPSA) is 79.0 Å². The molecule has 7 heteroatoms. The Kier molecular flexibility index (Phi) is 5.78. The molecule has 3 aromatic rings. The number of nitrogens with zero attached hydrogens (tertiary/aromatic N) is 3. The second-order valence-electron chi connectivity index (χ2n) is 7.78. The largest absolute Gasteiger partial charge is 0.299 e. The van der Waals surface area contributed by atoms with E-state index >= 15 is 0 Å². The summed E-state index contributed by atoms with van der Waals surface area (Å²) in [6.45, 7) is 2.50. The molecule has 1 saturated heterocycles. The van der Waals surface area contributed by atoms with E-state index in [1.54, 1.807) is 6.20 Å². The zero-order valence-electron chi connectivity index (χ0n) is 16.6. The van der Waals surface area contributed by atoms with Crippen molar-refractivity contribution >= 4 is 9.84 Å². The number of sulfone groups is 1. The molecule has 0 radical (unpaired) electrons. The molecule has 0 aliphatic carbocycles. The van der Waals surface area contributed by atoms with E-state index in [1.807, 2.05) is 18.3 Å². The first-order valence-corrected chi connectivity index (χ1v) is 11.8. The molecule has 4 rings (SSSR count). The Morgan fingerprint density at radius 3 is 2.55 bits per heavy atom. The highest BCUT2D eigenvalue weighted by atomic mass is 32.2. The molecular weight excluding hydrogens is 384 g/mol. The highest BCUT2D eigenvalue weighted by Gasteiger charge is 2.25. The van der Waals surface area contributed by atoms with Gasteiger partial charge in [-0.2, -0.15) is 5.10 Å². The van der Waals surface area contributed by atoms with E-state index in [0.717, 1.165) is 37.9 Å². The Labute approximate surface area is 171 Å². The van der Waals surface area contributed by atoms with Gasteiger partial charge in [0.1, 0.15) is 0 Å². The van der Waals surface area contributed by atoms with E-state index in [-0.39, 0.29) is 0 Å². The fourth-order valence-corrected chi connectivity index (χ4v) is 4.99. The summed E-state index contributed by atoms with van der Waals surface area (Å²) < 4.78 is 24.0. The number of aromatic amines is 1. The van der Waals surface area contributed by atoms with Gasteiger partial charge in [0.05, 0.1) is 11.1 Å². The smallest absolute Gasteiger partial charge is 0.177 e. The molecule has 1 N–H and O–H groups in total. The SMILES string of the molecule is CS(=O)(=O)c1cnccc1CN1CCC(c2[nH]ncc2Cc2ccccc2)CC1. The van der Waals surface area contributed by atoms with Gasteiger partial charge in [-0.3, -0.25) is 15.0 Å². The monoisotopic (exact) mass is 410 g/mol. The summed E-state index contributed by atoms with van der Waals surface area (Å²) in [6, 6.07) is 12.3. The van der Waals surface area contributed by atoms with Gasteiger partial charge in [0.15, 0.2) is 9.84 Å². The predicted octanol–water partition coefficient (Wildman–Crippen LogP) is 3.18. The number of piperidine rings is 1. The van der Waals surface area contributed by atoms with Crippen LogP contribution in [0.1, 0.15) is 41.1 Å². The van der Waals surface area contributed by atoms with Crippen molar-refractivity contribution in [2.75, 3.05) is 19.3 Å². The third-order valence-electron chi connectivity index (χ3n) is 5.65. The molecule has 0 amide bonds. The van der Waals surface area contributed by atoms with E-state index in [1.165, 1.54) is 29.3 Å². The maximum atomic E-state index is 12.0. The number of nitrogens with one attached hydrogen (secondary N) is 1. The van der Waals surface area contributed by atoms with Crippen LogP contribution < -0.4 is 0 Å². The maximum Gasteiger partial charge on any atom is 0.177 e. The van der Waals surface area contributed by atoms with E-state index in [4.69, 9.17) is 0 Å². The average Bonchev–Trinajstić information content (AvgIpc) is 3.17. The first-order valence-electron chi connectivity index (χ1n) is 9.92. The zero-order valence-corrected chi connectivity index (χ0v) is 17.4. The zero-order chi connectivity index (χ0) is 20.3. The Hall–Kier alpha value is -2.51. The van der Waals surface area contributed by atoms with Gasteiger partial charge in [-0.25, -0.2) is 8.42 Å². The molecule has 1 aromatic carbocycles. The van der Waals surface area contributed by atoms with Gasteiger partial charge < -0.3 is 0 Å². The van der Waals surface area contributed by atoms with Crippen LogP contribution in [0.3, 0.4) is 0 Å². The second kappa shape index (κ2) is 8.47. The molecule has 1 aliphatic rings. The molecule has 0 bridgehead atoms. The third kappa shape index (κ3) is 4.74. The van der Waals surface area contributed by atoms with E-state index in [0.29, 0.717) is 17.4 Å². The molecule has 152 valence electrons. The summed E-state index contributed by atoms with van der Waals surface area (Å²) in [7, 11) is -3.27. The van der Waals surface area contributed by atoms with Crippen molar-refractivity contribution in [2.24, 2.45) is 0 Å². The first-order chi connectivity index (χ1) is 14.0. The molecule has 0 spiro atoms. The van der Waals surface area contributed by atoms with Crippen molar-refractivity contribution in [3.05, 3.63) is 77.4 Å². The molecule has 1 fully saturated rings. The lowest BCUT2D eigenvalue weighted by molar-refractivity contribution is 0.201. The van der Waals surface area contributed by atoms with Crippen molar-refractivity contribution in [2.45, 2.75) is 36.6 Å². The van der Waals surface area contributed by atoms with Crippen molar-refractivity contribution in [1.29, 1.82) is 0 Å². The average molecular weight is 411 g/mol. The minimum Gasteiger partial charge on any atom is -0.299 e. The molecule has 0 atom stereocenters. The lowest BCUT2D eigenvalue weighted by Gasteiger charge is -2.32. The summed E-state index contributed by atoms with van der Waals surface area (Å²) in [5, 5.41) is 7.54. The summed E-state index contributed by atoms with van der Waals surface area (Å²) >= 11 is 0. The van der Waals surface area contributed by atoms with Gasteiger partial charge in [-0.15, -0.1) is 0 Å². The van der Waals surface area contributed by atoms with Gasteiger partial charge in [-0.1, -0.05) is 30.3 Å². The number of likely N-dealkylation sites (tertiary alicyclic amines) is 1. The number of H-pyrrole nitrogens is 1. The number of pyridine rings is 1. The molecule has 0 unspecified atom stereocenters. The number of rotatable bonds is 6. The lowest BCUT2D eigenvalue weighted by Crippen LogP contribution is -2.33. The van der Waals surface area contributed by atoms with Gasteiger partial charge >= 0.3 is 0 Å². The van der Waals surface area contributed by atoms with E-state index in [9.17, 15) is 8.42 Å². The quantitative estimate of drug-likeness (QED) is 0.675. The van der Waals surface area contributed by atoms with Gasteiger partial charge in [-0.05, 0) is 48.7 Å². The van der Waals surface area contributed by atoms with Gasteiger partial charge in [0, 0.05) is 43.2 Å². The molecule has 29 heavy (non-hydrogen) atoms. The highest BCUT2D eigenvalue weighted by Crippen LogP contribution is 2.31. The van der Waals surface area contributed by atoms with Crippen LogP contribution in [-0.4, -0.2) is 47.8 Å². The van der Waals surface area contributed by atoms with Crippen LogP contribution in [0.25, 0.3) is 0 Å². The Morgan fingerprint density at radius 2 is 1.83 bits per heavy atom. The fraction of sp³-hybridized carbons (Fsp3) is 0.364. The predicted molar refractivity (Wildman–Crippen MR) is 112 cm³/mol. The number of hydrogen-bond donors (Lipinski definition) is 1. The van der Waals surface area contributed by atoms with Crippen LogP contribution in [0, 0.1) is 0 Å². The van der Waals surface area contributed by atoms with Crippen LogP contribution >= 0.6 is 0 Å². The van der Waals surface area contributed by atoms with Crippen LogP contribution in [0.5, 0.6) is 0 Å². The Balaban J connectivity index is 1.41. The van der Waals surface area contributed by atoms with E-state index < -0.39 is 9.84 Å². The van der Waals surface area contributed by atoms with Crippen molar-refractivity contribution in [3.8, 4) is 0 Å².